The minimum atomic E-state index is -0.391. The Morgan fingerprint density at radius 1 is 1.67 bits per heavy atom. The first-order valence-electron chi connectivity index (χ1n) is 5.05. The second-order valence-electron chi connectivity index (χ2n) is 3.10. The van der Waals surface area contributed by atoms with Crippen LogP contribution in [0, 0.1) is 0 Å². The van der Waals surface area contributed by atoms with Crippen molar-refractivity contribution in [2.24, 2.45) is 0 Å². The Labute approximate surface area is 93.7 Å². The first-order valence-corrected chi connectivity index (χ1v) is 5.86. The largest absolute Gasteiger partial charge is 0.450 e. The Bertz CT molecular complexity index is 325. The highest BCUT2D eigenvalue weighted by Gasteiger charge is 2.13. The minimum absolute atomic E-state index is 0.0886. The Hall–Kier alpha value is -1.10. The van der Waals surface area contributed by atoms with E-state index in [2.05, 4.69) is 17.2 Å². The van der Waals surface area contributed by atoms with Crippen LogP contribution in [0.2, 0.25) is 0 Å². The molecule has 0 aliphatic carbocycles. The fourth-order valence-electron chi connectivity index (χ4n) is 1.10. The molecule has 1 unspecified atom stereocenters. The lowest BCUT2D eigenvalue weighted by Crippen LogP contribution is -2.27. The number of nitrogens with zero attached hydrogens (tertiary/aromatic N) is 1. The van der Waals surface area contributed by atoms with Crippen LogP contribution in [0.4, 0.5) is 4.79 Å². The van der Waals surface area contributed by atoms with Crippen LogP contribution in [0.3, 0.4) is 0 Å². The number of nitrogens with one attached hydrogen (secondary N) is 1. The number of aromatic nitrogens is 1. The normalized spacial score (nSPS) is 12.2. The molecule has 0 aliphatic rings. The van der Waals surface area contributed by atoms with E-state index in [-0.39, 0.29) is 6.04 Å². The average Bonchev–Trinajstić information content (AvgIpc) is 2.66. The van der Waals surface area contributed by atoms with Gasteiger partial charge in [0.15, 0.2) is 0 Å². The van der Waals surface area contributed by atoms with Crippen LogP contribution in [-0.4, -0.2) is 17.7 Å². The van der Waals surface area contributed by atoms with E-state index >= 15 is 0 Å². The van der Waals surface area contributed by atoms with Gasteiger partial charge in [-0.3, -0.25) is 0 Å². The fraction of sp³-hybridized carbons (Fsp3) is 0.600. The number of rotatable bonds is 4. The molecule has 0 radical (unpaired) electrons. The van der Waals surface area contributed by atoms with Crippen LogP contribution >= 0.6 is 11.3 Å². The zero-order chi connectivity index (χ0) is 11.3. The number of carbonyl (C=O) groups excluding carboxylic acids is 1. The quantitative estimate of drug-likeness (QED) is 0.861. The summed E-state index contributed by atoms with van der Waals surface area (Å²) in [4.78, 5) is 16.6. The highest BCUT2D eigenvalue weighted by Crippen LogP contribution is 2.20. The highest BCUT2D eigenvalue weighted by molar-refractivity contribution is 7.11. The maximum atomic E-state index is 11.1. The molecular weight excluding hydrogens is 212 g/mol. The summed E-state index contributed by atoms with van der Waals surface area (Å²) in [7, 11) is 0. The second-order valence-corrected chi connectivity index (χ2v) is 4.25. The van der Waals surface area contributed by atoms with Gasteiger partial charge in [-0.15, -0.1) is 11.3 Å². The maximum absolute atomic E-state index is 11.1. The van der Waals surface area contributed by atoms with E-state index in [0.29, 0.717) is 6.61 Å². The number of alkyl carbamates (subject to hydrolysis) is 1. The van der Waals surface area contributed by atoms with Crippen LogP contribution in [0.15, 0.2) is 6.20 Å². The molecule has 0 aromatic carbocycles. The lowest BCUT2D eigenvalue weighted by atomic mass is 10.4. The summed E-state index contributed by atoms with van der Waals surface area (Å²) in [5.41, 5.74) is 0. The van der Waals surface area contributed by atoms with Crippen LogP contribution in [0.1, 0.15) is 36.7 Å². The highest BCUT2D eigenvalue weighted by atomic mass is 32.1. The van der Waals surface area contributed by atoms with E-state index in [1.807, 2.05) is 13.1 Å². The number of thiazole rings is 1. The van der Waals surface area contributed by atoms with Crippen molar-refractivity contribution in [1.82, 2.24) is 10.3 Å². The Morgan fingerprint density at radius 3 is 2.93 bits per heavy atom. The molecule has 1 aromatic heterocycles. The number of hydrogen-bond donors (Lipinski definition) is 1. The minimum Gasteiger partial charge on any atom is -0.450 e. The topological polar surface area (TPSA) is 51.2 Å². The standard InChI is InChI=1S/C10H16N2O2S/c1-4-8-6-11-9(15-8)7(3)12-10(13)14-5-2/h6-7H,4-5H2,1-3H3,(H,12,13). The zero-order valence-electron chi connectivity index (χ0n) is 9.24. The summed E-state index contributed by atoms with van der Waals surface area (Å²) in [6.45, 7) is 6.15. The van der Waals surface area contributed by atoms with Crippen molar-refractivity contribution in [3.05, 3.63) is 16.1 Å². The van der Waals surface area contributed by atoms with Crippen LogP contribution < -0.4 is 5.32 Å². The van der Waals surface area contributed by atoms with E-state index in [1.54, 1.807) is 18.3 Å². The van der Waals surface area contributed by atoms with Crippen molar-refractivity contribution < 1.29 is 9.53 Å². The smallest absolute Gasteiger partial charge is 0.407 e. The van der Waals surface area contributed by atoms with Gasteiger partial charge in [0.25, 0.3) is 0 Å². The van der Waals surface area contributed by atoms with Crippen molar-refractivity contribution in [1.29, 1.82) is 0 Å². The third-order valence-corrected chi connectivity index (χ3v) is 3.22. The first kappa shape index (κ1) is 12.0. The zero-order valence-corrected chi connectivity index (χ0v) is 10.1. The predicted octanol–water partition coefficient (Wildman–Crippen LogP) is 2.51. The molecule has 4 nitrogen and oxygen atoms in total. The van der Waals surface area contributed by atoms with Gasteiger partial charge in [0.1, 0.15) is 5.01 Å². The van der Waals surface area contributed by atoms with Crippen LogP contribution in [-0.2, 0) is 11.2 Å². The SMILES string of the molecule is CCOC(=O)NC(C)c1ncc(CC)s1. The van der Waals surface area contributed by atoms with Gasteiger partial charge in [-0.2, -0.15) is 0 Å². The van der Waals surface area contributed by atoms with Gasteiger partial charge >= 0.3 is 6.09 Å². The molecule has 0 fully saturated rings. The molecule has 1 N–H and O–H groups in total. The monoisotopic (exact) mass is 228 g/mol. The number of ether oxygens (including phenoxy) is 1. The Morgan fingerprint density at radius 2 is 2.40 bits per heavy atom. The molecule has 1 atom stereocenters. The van der Waals surface area contributed by atoms with Crippen molar-refractivity contribution in [2.45, 2.75) is 33.2 Å². The van der Waals surface area contributed by atoms with Crippen molar-refractivity contribution >= 4 is 17.4 Å². The molecule has 15 heavy (non-hydrogen) atoms. The molecule has 1 heterocycles. The molecule has 1 rings (SSSR count). The van der Waals surface area contributed by atoms with E-state index in [9.17, 15) is 4.79 Å². The molecule has 0 saturated heterocycles. The molecular formula is C10H16N2O2S. The van der Waals surface area contributed by atoms with Gasteiger partial charge in [-0.1, -0.05) is 6.92 Å². The van der Waals surface area contributed by atoms with Gasteiger partial charge in [0, 0.05) is 11.1 Å². The predicted molar refractivity (Wildman–Crippen MR) is 60.1 cm³/mol. The molecule has 0 saturated carbocycles. The van der Waals surface area contributed by atoms with Gasteiger partial charge in [0.2, 0.25) is 0 Å². The molecule has 0 bridgehead atoms. The molecule has 0 aliphatic heterocycles. The molecule has 1 aromatic rings. The lowest BCUT2D eigenvalue weighted by molar-refractivity contribution is 0.149. The summed E-state index contributed by atoms with van der Waals surface area (Å²) < 4.78 is 4.79. The second kappa shape index (κ2) is 5.70. The Balaban J connectivity index is 2.52. The van der Waals surface area contributed by atoms with Gasteiger partial charge in [-0.05, 0) is 20.3 Å². The summed E-state index contributed by atoms with van der Waals surface area (Å²) in [6, 6.07) is -0.0886. The van der Waals surface area contributed by atoms with Crippen LogP contribution in [0.25, 0.3) is 0 Å². The van der Waals surface area contributed by atoms with Gasteiger partial charge < -0.3 is 10.1 Å². The molecule has 84 valence electrons. The third-order valence-electron chi connectivity index (χ3n) is 1.90. The van der Waals surface area contributed by atoms with Crippen molar-refractivity contribution in [2.75, 3.05) is 6.61 Å². The van der Waals surface area contributed by atoms with Crippen molar-refractivity contribution in [3.63, 3.8) is 0 Å². The maximum Gasteiger partial charge on any atom is 0.407 e. The van der Waals surface area contributed by atoms with E-state index < -0.39 is 6.09 Å². The first-order chi connectivity index (χ1) is 7.17. The molecule has 5 heteroatoms. The number of hydrogen-bond acceptors (Lipinski definition) is 4. The number of carbonyl (C=O) groups is 1. The van der Waals surface area contributed by atoms with Gasteiger partial charge in [-0.25, -0.2) is 9.78 Å². The third kappa shape index (κ3) is 3.51. The van der Waals surface area contributed by atoms with E-state index in [4.69, 9.17) is 4.74 Å². The number of amides is 1. The van der Waals surface area contributed by atoms with E-state index in [0.717, 1.165) is 11.4 Å². The molecule has 1 amide bonds. The Kier molecular flexibility index (Phi) is 4.55. The van der Waals surface area contributed by atoms with Crippen molar-refractivity contribution in [3.8, 4) is 0 Å². The van der Waals surface area contributed by atoms with Crippen LogP contribution in [0.5, 0.6) is 0 Å². The summed E-state index contributed by atoms with van der Waals surface area (Å²) >= 11 is 1.62. The van der Waals surface area contributed by atoms with E-state index in [1.165, 1.54) is 4.88 Å². The number of aryl methyl sites for hydroxylation is 1. The average molecular weight is 228 g/mol. The van der Waals surface area contributed by atoms with Gasteiger partial charge in [0.05, 0.1) is 12.6 Å². The molecule has 0 spiro atoms. The summed E-state index contributed by atoms with van der Waals surface area (Å²) in [5, 5.41) is 3.64. The lowest BCUT2D eigenvalue weighted by Gasteiger charge is -2.10. The summed E-state index contributed by atoms with van der Waals surface area (Å²) in [6.07, 6.45) is 2.44. The fourth-order valence-corrected chi connectivity index (χ4v) is 1.96. The summed E-state index contributed by atoms with van der Waals surface area (Å²) in [5.74, 6) is 0.